The van der Waals surface area contributed by atoms with E-state index in [0.717, 1.165) is 5.92 Å². The van der Waals surface area contributed by atoms with Gasteiger partial charge in [-0.05, 0) is 55.8 Å². The van der Waals surface area contributed by atoms with Crippen LogP contribution >= 0.6 is 0 Å². The van der Waals surface area contributed by atoms with Crippen LogP contribution in [0, 0.1) is 12.8 Å². The highest BCUT2D eigenvalue weighted by Gasteiger charge is 2.50. The number of nitrogens with one attached hydrogen (secondary N) is 1. The van der Waals surface area contributed by atoms with Gasteiger partial charge in [-0.1, -0.05) is 30.4 Å². The SMILES string of the molecule is Cc1cccc2c1C[C@H]1NCC[C@@]23CCC=C[C@@H]13. The summed E-state index contributed by atoms with van der Waals surface area (Å²) < 4.78 is 0. The standard InChI is InChI=1S/C17H21N/c1-12-5-4-7-14-13(12)11-16-15-6-2-3-8-17(14,15)9-10-18-16/h2,4-7,15-16,18H,3,8-11H2,1H3/t15-,16+,17-/m0/s1. The van der Waals surface area contributed by atoms with Crippen LogP contribution in [0.3, 0.4) is 0 Å². The van der Waals surface area contributed by atoms with E-state index in [2.05, 4.69) is 42.6 Å². The van der Waals surface area contributed by atoms with Gasteiger partial charge >= 0.3 is 0 Å². The van der Waals surface area contributed by atoms with E-state index < -0.39 is 0 Å². The van der Waals surface area contributed by atoms with E-state index in [1.807, 2.05) is 0 Å². The second-order valence-electron chi connectivity index (χ2n) is 6.26. The molecule has 1 heterocycles. The third kappa shape index (κ3) is 1.26. The molecule has 3 atom stereocenters. The minimum Gasteiger partial charge on any atom is -0.313 e. The van der Waals surface area contributed by atoms with Gasteiger partial charge in [0.2, 0.25) is 0 Å². The van der Waals surface area contributed by atoms with Crippen LogP contribution < -0.4 is 5.32 Å². The maximum atomic E-state index is 3.76. The summed E-state index contributed by atoms with van der Waals surface area (Å²) in [4.78, 5) is 0. The lowest BCUT2D eigenvalue weighted by atomic mass is 9.54. The third-order valence-corrected chi connectivity index (χ3v) is 5.52. The molecule has 1 aromatic carbocycles. The highest BCUT2D eigenvalue weighted by atomic mass is 15.0. The van der Waals surface area contributed by atoms with Crippen molar-refractivity contribution in [1.29, 1.82) is 0 Å². The number of allylic oxidation sites excluding steroid dienone is 1. The third-order valence-electron chi connectivity index (χ3n) is 5.52. The molecular formula is C17H21N. The van der Waals surface area contributed by atoms with E-state index in [-0.39, 0.29) is 0 Å². The number of hydrogen-bond donors (Lipinski definition) is 1. The van der Waals surface area contributed by atoms with Crippen molar-refractivity contribution >= 4 is 0 Å². The molecule has 1 nitrogen and oxygen atoms in total. The molecule has 0 unspecified atom stereocenters. The molecule has 94 valence electrons. The van der Waals surface area contributed by atoms with Crippen LogP contribution in [0.4, 0.5) is 0 Å². The lowest BCUT2D eigenvalue weighted by Gasteiger charge is -2.54. The van der Waals surface area contributed by atoms with Gasteiger partial charge < -0.3 is 5.32 Å². The summed E-state index contributed by atoms with van der Waals surface area (Å²) in [5.74, 6) is 0.731. The molecule has 4 rings (SSSR count). The Hall–Kier alpha value is -1.08. The quantitative estimate of drug-likeness (QED) is 0.686. The van der Waals surface area contributed by atoms with Crippen molar-refractivity contribution in [2.45, 2.75) is 44.1 Å². The molecule has 1 heteroatoms. The fourth-order valence-corrected chi connectivity index (χ4v) is 4.66. The molecule has 0 saturated carbocycles. The lowest BCUT2D eigenvalue weighted by molar-refractivity contribution is 0.146. The highest BCUT2D eigenvalue weighted by molar-refractivity contribution is 5.46. The van der Waals surface area contributed by atoms with Gasteiger partial charge in [0.25, 0.3) is 0 Å². The van der Waals surface area contributed by atoms with E-state index in [9.17, 15) is 0 Å². The minimum atomic E-state index is 0.449. The molecule has 1 N–H and O–H groups in total. The van der Waals surface area contributed by atoms with Crippen LogP contribution in [0.1, 0.15) is 36.0 Å². The van der Waals surface area contributed by atoms with Gasteiger partial charge in [0.15, 0.2) is 0 Å². The molecule has 3 aliphatic rings. The Kier molecular flexibility index (Phi) is 2.23. The summed E-state index contributed by atoms with van der Waals surface area (Å²) in [6.07, 6.45) is 10.1. The Morgan fingerprint density at radius 1 is 1.28 bits per heavy atom. The van der Waals surface area contributed by atoms with Crippen LogP contribution in [-0.2, 0) is 11.8 Å². The zero-order chi connectivity index (χ0) is 12.2. The van der Waals surface area contributed by atoms with Crippen LogP contribution in [0.25, 0.3) is 0 Å². The van der Waals surface area contributed by atoms with Crippen molar-refractivity contribution < 1.29 is 0 Å². The number of aryl methyl sites for hydroxylation is 1. The maximum absolute atomic E-state index is 3.76. The van der Waals surface area contributed by atoms with Crippen molar-refractivity contribution in [3.63, 3.8) is 0 Å². The minimum absolute atomic E-state index is 0.449. The second kappa shape index (κ2) is 3.71. The van der Waals surface area contributed by atoms with Gasteiger partial charge in [0.05, 0.1) is 0 Å². The number of hydrogen-bond acceptors (Lipinski definition) is 1. The summed E-state index contributed by atoms with van der Waals surface area (Å²) >= 11 is 0. The Labute approximate surface area is 109 Å². The summed E-state index contributed by atoms with van der Waals surface area (Å²) in [5, 5.41) is 3.76. The zero-order valence-electron chi connectivity index (χ0n) is 11.1. The van der Waals surface area contributed by atoms with Gasteiger partial charge in [-0.15, -0.1) is 0 Å². The van der Waals surface area contributed by atoms with Crippen LogP contribution in [0.2, 0.25) is 0 Å². The number of rotatable bonds is 0. The first-order chi connectivity index (χ1) is 8.81. The Morgan fingerprint density at radius 2 is 2.22 bits per heavy atom. The topological polar surface area (TPSA) is 12.0 Å². The number of benzene rings is 1. The average molecular weight is 239 g/mol. The fraction of sp³-hybridized carbons (Fsp3) is 0.529. The van der Waals surface area contributed by atoms with Gasteiger partial charge in [-0.3, -0.25) is 0 Å². The molecule has 0 aromatic heterocycles. The van der Waals surface area contributed by atoms with Crippen molar-refractivity contribution in [1.82, 2.24) is 5.32 Å². The predicted molar refractivity (Wildman–Crippen MR) is 74.8 cm³/mol. The van der Waals surface area contributed by atoms with Crippen molar-refractivity contribution in [2.24, 2.45) is 5.92 Å². The van der Waals surface area contributed by atoms with Crippen molar-refractivity contribution in [2.75, 3.05) is 6.54 Å². The first kappa shape index (κ1) is 10.8. The normalized spacial score (nSPS) is 36.9. The zero-order valence-corrected chi connectivity index (χ0v) is 11.1. The first-order valence-corrected chi connectivity index (χ1v) is 7.30. The smallest absolute Gasteiger partial charge is 0.0179 e. The molecule has 1 fully saturated rings. The molecule has 1 aromatic rings. The van der Waals surface area contributed by atoms with Gasteiger partial charge in [0.1, 0.15) is 0 Å². The van der Waals surface area contributed by atoms with E-state index >= 15 is 0 Å². The Morgan fingerprint density at radius 3 is 3.17 bits per heavy atom. The van der Waals surface area contributed by atoms with Gasteiger partial charge in [-0.25, -0.2) is 0 Å². The van der Waals surface area contributed by atoms with E-state index in [1.54, 1.807) is 11.1 Å². The fourth-order valence-electron chi connectivity index (χ4n) is 4.66. The molecular weight excluding hydrogens is 218 g/mol. The summed E-state index contributed by atoms with van der Waals surface area (Å²) in [7, 11) is 0. The first-order valence-electron chi connectivity index (χ1n) is 7.30. The lowest BCUT2D eigenvalue weighted by Crippen LogP contribution is -2.58. The Bertz CT molecular complexity index is 516. The highest BCUT2D eigenvalue weighted by Crippen LogP contribution is 2.52. The molecule has 0 spiro atoms. The monoisotopic (exact) mass is 239 g/mol. The molecule has 18 heavy (non-hydrogen) atoms. The van der Waals surface area contributed by atoms with Crippen molar-refractivity contribution in [3.05, 3.63) is 47.0 Å². The van der Waals surface area contributed by atoms with E-state index in [1.165, 1.54) is 37.8 Å². The van der Waals surface area contributed by atoms with E-state index in [4.69, 9.17) is 0 Å². The number of piperidine rings is 1. The Balaban J connectivity index is 1.97. The maximum Gasteiger partial charge on any atom is 0.0179 e. The van der Waals surface area contributed by atoms with Crippen LogP contribution in [0.5, 0.6) is 0 Å². The molecule has 2 bridgehead atoms. The van der Waals surface area contributed by atoms with Gasteiger partial charge in [0, 0.05) is 17.4 Å². The molecule has 1 saturated heterocycles. The second-order valence-corrected chi connectivity index (χ2v) is 6.26. The molecule has 1 aliphatic heterocycles. The van der Waals surface area contributed by atoms with Crippen molar-refractivity contribution in [3.8, 4) is 0 Å². The van der Waals surface area contributed by atoms with E-state index in [0.29, 0.717) is 11.5 Å². The summed E-state index contributed by atoms with van der Waals surface area (Å²) in [6.45, 7) is 3.48. The predicted octanol–water partition coefficient (Wildman–Crippen LogP) is 3.12. The van der Waals surface area contributed by atoms with Crippen LogP contribution in [0.15, 0.2) is 30.4 Å². The number of fused-ring (bicyclic) bond motifs is 1. The van der Waals surface area contributed by atoms with Gasteiger partial charge in [-0.2, -0.15) is 0 Å². The molecule has 0 amide bonds. The molecule has 2 aliphatic carbocycles. The summed E-state index contributed by atoms with van der Waals surface area (Å²) in [5.41, 5.74) is 5.26. The summed E-state index contributed by atoms with van der Waals surface area (Å²) in [6, 6.07) is 7.63. The largest absolute Gasteiger partial charge is 0.313 e. The molecule has 0 radical (unpaired) electrons. The average Bonchev–Trinajstić information content (AvgIpc) is 2.40. The van der Waals surface area contributed by atoms with Crippen LogP contribution in [-0.4, -0.2) is 12.6 Å².